The summed E-state index contributed by atoms with van der Waals surface area (Å²) in [6.45, 7) is 0. The van der Waals surface area contributed by atoms with Crippen LogP contribution in [0.25, 0.3) is 0 Å². The predicted octanol–water partition coefficient (Wildman–Crippen LogP) is 3.21. The topological polar surface area (TPSA) is 30.0 Å². The highest BCUT2D eigenvalue weighted by Gasteiger charge is 2.15. The van der Waals surface area contributed by atoms with E-state index in [-0.39, 0.29) is 11.3 Å². The molecule has 16 heavy (non-hydrogen) atoms. The molecule has 0 aliphatic heterocycles. The molecule has 0 saturated carbocycles. The number of carbonyl (C=O) groups is 1. The fraction of sp³-hybridized carbons (Fsp3) is 0. The Kier molecular flexibility index (Phi) is 3.10. The number of halogens is 2. The number of benzene rings is 1. The molecule has 1 heterocycles. The number of hydrogen-bond donors (Lipinski definition) is 0. The van der Waals surface area contributed by atoms with Crippen molar-refractivity contribution in [2.24, 2.45) is 0 Å². The number of pyridine rings is 1. The van der Waals surface area contributed by atoms with Gasteiger partial charge in [0.25, 0.3) is 0 Å². The third-order valence-corrected chi connectivity index (χ3v) is 2.75. The minimum atomic E-state index is -0.525. The molecular weight excluding hydrogens is 273 g/mol. The van der Waals surface area contributed by atoms with E-state index < -0.39 is 5.82 Å². The smallest absolute Gasteiger partial charge is 0.198 e. The molecule has 2 rings (SSSR count). The maximum absolute atomic E-state index is 13.4. The molecule has 0 saturated heterocycles. The van der Waals surface area contributed by atoms with Crippen LogP contribution in [0.15, 0.2) is 47.2 Å². The number of rotatable bonds is 2. The molecule has 1 aromatic carbocycles. The second kappa shape index (κ2) is 4.53. The van der Waals surface area contributed by atoms with Gasteiger partial charge < -0.3 is 0 Å². The van der Waals surface area contributed by atoms with Crippen molar-refractivity contribution in [2.75, 3.05) is 0 Å². The zero-order valence-corrected chi connectivity index (χ0v) is 9.74. The summed E-state index contributed by atoms with van der Waals surface area (Å²) in [6.07, 6.45) is 1.56. The Morgan fingerprint density at radius 2 is 1.81 bits per heavy atom. The van der Waals surface area contributed by atoms with Crippen LogP contribution in [-0.4, -0.2) is 10.8 Å². The van der Waals surface area contributed by atoms with Gasteiger partial charge in [-0.25, -0.2) is 9.37 Å². The first-order chi connectivity index (χ1) is 7.70. The molecule has 0 amide bonds. The Morgan fingerprint density at radius 3 is 2.50 bits per heavy atom. The van der Waals surface area contributed by atoms with Crippen LogP contribution in [0.2, 0.25) is 0 Å². The van der Waals surface area contributed by atoms with Gasteiger partial charge in [-0.2, -0.15) is 0 Å². The van der Waals surface area contributed by atoms with Crippen molar-refractivity contribution >= 4 is 21.7 Å². The Morgan fingerprint density at radius 1 is 1.12 bits per heavy atom. The summed E-state index contributed by atoms with van der Waals surface area (Å²) in [5, 5.41) is 0. The molecule has 0 spiro atoms. The lowest BCUT2D eigenvalue weighted by Crippen LogP contribution is -2.05. The fourth-order valence-corrected chi connectivity index (χ4v) is 1.78. The highest BCUT2D eigenvalue weighted by atomic mass is 79.9. The molecule has 0 aliphatic rings. The Hall–Kier alpha value is -1.55. The molecule has 80 valence electrons. The second-order valence-electron chi connectivity index (χ2n) is 3.15. The molecule has 0 fully saturated rings. The van der Waals surface area contributed by atoms with E-state index in [4.69, 9.17) is 0 Å². The third-order valence-electron chi connectivity index (χ3n) is 2.12. The monoisotopic (exact) mass is 279 g/mol. The first-order valence-electron chi connectivity index (χ1n) is 4.60. The van der Waals surface area contributed by atoms with Crippen molar-refractivity contribution in [1.29, 1.82) is 0 Å². The van der Waals surface area contributed by atoms with Crippen LogP contribution in [0.4, 0.5) is 4.39 Å². The first kappa shape index (κ1) is 11.0. The van der Waals surface area contributed by atoms with Gasteiger partial charge in [0.15, 0.2) is 5.78 Å². The highest BCUT2D eigenvalue weighted by Crippen LogP contribution is 2.18. The average molecular weight is 280 g/mol. The van der Waals surface area contributed by atoms with Crippen LogP contribution >= 0.6 is 15.9 Å². The van der Waals surface area contributed by atoms with Crippen molar-refractivity contribution in [3.05, 3.63) is 64.1 Å². The Balaban J connectivity index is 2.48. The van der Waals surface area contributed by atoms with E-state index in [1.807, 2.05) is 0 Å². The molecule has 0 N–H and O–H groups in total. The van der Waals surface area contributed by atoms with Crippen LogP contribution < -0.4 is 0 Å². The van der Waals surface area contributed by atoms with Crippen molar-refractivity contribution < 1.29 is 9.18 Å². The summed E-state index contributed by atoms with van der Waals surface area (Å²) in [7, 11) is 0. The molecule has 0 unspecified atom stereocenters. The summed E-state index contributed by atoms with van der Waals surface area (Å²) in [5.41, 5.74) is 0.406. The van der Waals surface area contributed by atoms with Crippen LogP contribution in [-0.2, 0) is 0 Å². The van der Waals surface area contributed by atoms with Crippen LogP contribution in [0.5, 0.6) is 0 Å². The molecule has 2 nitrogen and oxygen atoms in total. The SMILES string of the molecule is O=C(c1ccccc1F)c1cccnc1Br. The summed E-state index contributed by atoms with van der Waals surface area (Å²) in [6, 6.07) is 9.13. The van der Waals surface area contributed by atoms with E-state index >= 15 is 0 Å². The normalized spacial score (nSPS) is 10.1. The Labute approximate surface area is 100 Å². The van der Waals surface area contributed by atoms with E-state index in [2.05, 4.69) is 20.9 Å². The summed E-state index contributed by atoms with van der Waals surface area (Å²) < 4.78 is 13.8. The molecule has 0 aliphatic carbocycles. The molecule has 0 radical (unpaired) electrons. The number of hydrogen-bond acceptors (Lipinski definition) is 2. The number of carbonyl (C=O) groups excluding carboxylic acids is 1. The minimum Gasteiger partial charge on any atom is -0.288 e. The van der Waals surface area contributed by atoms with Gasteiger partial charge in [-0.05, 0) is 40.2 Å². The van der Waals surface area contributed by atoms with E-state index in [0.717, 1.165) is 0 Å². The first-order valence-corrected chi connectivity index (χ1v) is 5.39. The predicted molar refractivity (Wildman–Crippen MR) is 61.8 cm³/mol. The van der Waals surface area contributed by atoms with Crippen molar-refractivity contribution in [2.45, 2.75) is 0 Å². The molecule has 0 atom stereocenters. The molecule has 4 heteroatoms. The van der Waals surface area contributed by atoms with Crippen LogP contribution in [0.1, 0.15) is 15.9 Å². The molecule has 2 aromatic rings. The van der Waals surface area contributed by atoms with E-state index in [9.17, 15) is 9.18 Å². The van der Waals surface area contributed by atoms with Gasteiger partial charge >= 0.3 is 0 Å². The van der Waals surface area contributed by atoms with E-state index in [0.29, 0.717) is 10.2 Å². The summed E-state index contributed by atoms with van der Waals surface area (Å²) in [5.74, 6) is -0.902. The van der Waals surface area contributed by atoms with Gasteiger partial charge in [0.05, 0.1) is 11.1 Å². The highest BCUT2D eigenvalue weighted by molar-refractivity contribution is 9.10. The number of aromatic nitrogens is 1. The number of nitrogens with zero attached hydrogens (tertiary/aromatic N) is 1. The lowest BCUT2D eigenvalue weighted by molar-refractivity contribution is 0.103. The van der Waals surface area contributed by atoms with Gasteiger partial charge in [0.2, 0.25) is 0 Å². The van der Waals surface area contributed by atoms with Crippen LogP contribution in [0, 0.1) is 5.82 Å². The maximum atomic E-state index is 13.4. The standard InChI is InChI=1S/C12H7BrFNO/c13-12-9(5-3-7-15-12)11(16)8-4-1-2-6-10(8)14/h1-7H. The van der Waals surface area contributed by atoms with E-state index in [1.165, 1.54) is 12.1 Å². The molecule has 0 bridgehead atoms. The van der Waals surface area contributed by atoms with Crippen molar-refractivity contribution in [3.63, 3.8) is 0 Å². The second-order valence-corrected chi connectivity index (χ2v) is 3.90. The summed E-state index contributed by atoms with van der Waals surface area (Å²) in [4.78, 5) is 15.9. The Bertz CT molecular complexity index is 495. The zero-order chi connectivity index (χ0) is 11.5. The minimum absolute atomic E-state index is 0.0520. The van der Waals surface area contributed by atoms with E-state index in [1.54, 1.807) is 30.5 Å². The third kappa shape index (κ3) is 2.02. The fourth-order valence-electron chi connectivity index (χ4n) is 1.35. The van der Waals surface area contributed by atoms with Crippen molar-refractivity contribution in [3.8, 4) is 0 Å². The van der Waals surface area contributed by atoms with Crippen LogP contribution in [0.3, 0.4) is 0 Å². The molecular formula is C12H7BrFNO. The van der Waals surface area contributed by atoms with Gasteiger partial charge in [0, 0.05) is 6.20 Å². The quantitative estimate of drug-likeness (QED) is 0.624. The van der Waals surface area contributed by atoms with Gasteiger partial charge in [-0.3, -0.25) is 4.79 Å². The van der Waals surface area contributed by atoms with Gasteiger partial charge in [-0.15, -0.1) is 0 Å². The largest absolute Gasteiger partial charge is 0.288 e. The lowest BCUT2D eigenvalue weighted by Gasteiger charge is -2.03. The van der Waals surface area contributed by atoms with Gasteiger partial charge in [0.1, 0.15) is 10.4 Å². The number of ketones is 1. The maximum Gasteiger partial charge on any atom is 0.198 e. The van der Waals surface area contributed by atoms with Crippen molar-refractivity contribution in [1.82, 2.24) is 4.98 Å². The van der Waals surface area contributed by atoms with Gasteiger partial charge in [-0.1, -0.05) is 12.1 Å². The lowest BCUT2D eigenvalue weighted by atomic mass is 10.0. The molecule has 1 aromatic heterocycles. The average Bonchev–Trinajstić information content (AvgIpc) is 2.29. The summed E-state index contributed by atoms with van der Waals surface area (Å²) >= 11 is 3.16. The zero-order valence-electron chi connectivity index (χ0n) is 8.15.